The van der Waals surface area contributed by atoms with Gasteiger partial charge in [-0.2, -0.15) is 0 Å². The van der Waals surface area contributed by atoms with Crippen LogP contribution in [0.5, 0.6) is 0 Å². The first-order chi connectivity index (χ1) is 9.54. The molecule has 5 nitrogen and oxygen atoms in total. The molecule has 0 radical (unpaired) electrons. The van der Waals surface area contributed by atoms with Gasteiger partial charge in [0.1, 0.15) is 0 Å². The van der Waals surface area contributed by atoms with Crippen molar-refractivity contribution in [3.8, 4) is 0 Å². The first-order valence-electron chi connectivity index (χ1n) is 7.92. The molecule has 0 aliphatic carbocycles. The van der Waals surface area contributed by atoms with Gasteiger partial charge in [-0.25, -0.2) is 0 Å². The fraction of sp³-hybridized carbons (Fsp3) is 1.00. The molecular formula is C12H34O5Si5. The van der Waals surface area contributed by atoms with Crippen LogP contribution in [0.2, 0.25) is 65.5 Å². The molecule has 0 aromatic heterocycles. The van der Waals surface area contributed by atoms with Crippen molar-refractivity contribution in [2.45, 2.75) is 65.5 Å². The number of hydrogen-bond donors (Lipinski definition) is 0. The molecule has 0 spiro atoms. The van der Waals surface area contributed by atoms with E-state index in [9.17, 15) is 0 Å². The quantitative estimate of drug-likeness (QED) is 0.582. The van der Waals surface area contributed by atoms with Crippen molar-refractivity contribution >= 4 is 42.3 Å². The topological polar surface area (TPSA) is 46.2 Å². The molecule has 1 aliphatic heterocycles. The fourth-order valence-corrected chi connectivity index (χ4v) is 24.9. The summed E-state index contributed by atoms with van der Waals surface area (Å²) in [7, 11) is -10.5. The number of rotatable bonds is 0. The van der Waals surface area contributed by atoms with Gasteiger partial charge in [0.05, 0.1) is 12.5 Å². The molecule has 0 aromatic rings. The molecule has 0 aromatic carbocycles. The second kappa shape index (κ2) is 6.65. The third kappa shape index (κ3) is 7.64. The second-order valence-corrected chi connectivity index (χ2v) is 27.6. The molecule has 1 saturated heterocycles. The SMILES string of the molecule is C[Si]1(C)CO[Si](C)(C)O[Si](C)(C)O[Si](C)(C)O[Si](C)(C)CO1. The average molecular weight is 399 g/mol. The van der Waals surface area contributed by atoms with Crippen molar-refractivity contribution in [3.63, 3.8) is 0 Å². The van der Waals surface area contributed by atoms with Gasteiger partial charge in [0.15, 0.2) is 8.32 Å². The zero-order valence-corrected chi connectivity index (χ0v) is 21.0. The second-order valence-electron chi connectivity index (χ2n) is 8.60. The molecular weight excluding hydrogens is 365 g/mol. The van der Waals surface area contributed by atoms with Gasteiger partial charge < -0.3 is 21.2 Å². The van der Waals surface area contributed by atoms with Crippen LogP contribution in [-0.2, 0) is 21.2 Å². The van der Waals surface area contributed by atoms with Crippen molar-refractivity contribution in [3.05, 3.63) is 0 Å². The van der Waals surface area contributed by atoms with Crippen molar-refractivity contribution in [1.29, 1.82) is 0 Å². The fourth-order valence-electron chi connectivity index (χ4n) is 2.71. The van der Waals surface area contributed by atoms with E-state index in [4.69, 9.17) is 21.2 Å². The Balaban J connectivity index is 3.05. The Morgan fingerprint density at radius 1 is 0.455 bits per heavy atom. The first-order valence-corrected chi connectivity index (χ1v) is 22.6. The van der Waals surface area contributed by atoms with Crippen LogP contribution in [0.1, 0.15) is 0 Å². The normalized spacial score (nSPS) is 30.8. The Kier molecular flexibility index (Phi) is 6.33. The maximum Gasteiger partial charge on any atom is 0.322 e. The Labute approximate surface area is 141 Å². The van der Waals surface area contributed by atoms with E-state index in [0.29, 0.717) is 12.5 Å². The summed E-state index contributed by atoms with van der Waals surface area (Å²) in [6.45, 7) is 21.4. The summed E-state index contributed by atoms with van der Waals surface area (Å²) in [5.74, 6) is 0. The van der Waals surface area contributed by atoms with Crippen LogP contribution in [0.4, 0.5) is 0 Å². The van der Waals surface area contributed by atoms with Crippen LogP contribution in [0.25, 0.3) is 0 Å². The zero-order chi connectivity index (χ0) is 17.4. The minimum atomic E-state index is -2.28. The summed E-state index contributed by atoms with van der Waals surface area (Å²) in [5, 5.41) is 0. The lowest BCUT2D eigenvalue weighted by Crippen LogP contribution is -2.60. The Hall–Kier alpha value is 0.884. The van der Waals surface area contributed by atoms with Gasteiger partial charge in [0.2, 0.25) is 8.32 Å². The molecule has 10 heteroatoms. The highest BCUT2D eigenvalue weighted by molar-refractivity contribution is 6.89. The van der Waals surface area contributed by atoms with E-state index < -0.39 is 42.3 Å². The predicted molar refractivity (Wildman–Crippen MR) is 103 cm³/mol. The standard InChI is InChI=1S/C12H34O5Si5/c1-18(2)12-14-20(5,6)16-22(9,10)17-21(7,8)15-19(3,4)11-13-18/h11-12H2,1-10H3. The molecule has 0 N–H and O–H groups in total. The van der Waals surface area contributed by atoms with Crippen LogP contribution in [0.3, 0.4) is 0 Å². The Morgan fingerprint density at radius 2 is 0.864 bits per heavy atom. The minimum Gasteiger partial charge on any atom is -0.435 e. The van der Waals surface area contributed by atoms with Crippen LogP contribution >= 0.6 is 0 Å². The van der Waals surface area contributed by atoms with Gasteiger partial charge in [-0.3, -0.25) is 0 Å². The summed E-state index contributed by atoms with van der Waals surface area (Å²) in [6.07, 6.45) is 1.38. The van der Waals surface area contributed by atoms with E-state index in [1.54, 1.807) is 0 Å². The summed E-state index contributed by atoms with van der Waals surface area (Å²) in [4.78, 5) is 0. The molecule has 132 valence electrons. The van der Waals surface area contributed by atoms with E-state index in [1.165, 1.54) is 0 Å². The average Bonchev–Trinajstić information content (AvgIpc) is 2.18. The molecule has 1 aliphatic rings. The molecule has 0 amide bonds. The molecule has 22 heavy (non-hydrogen) atoms. The van der Waals surface area contributed by atoms with Crippen molar-refractivity contribution in [2.75, 3.05) is 12.5 Å². The third-order valence-corrected chi connectivity index (χ3v) is 19.1. The molecule has 1 rings (SSSR count). The summed E-state index contributed by atoms with van der Waals surface area (Å²) in [5.41, 5.74) is 0. The monoisotopic (exact) mass is 398 g/mol. The van der Waals surface area contributed by atoms with Crippen LogP contribution in [0.15, 0.2) is 0 Å². The molecule has 0 atom stereocenters. The van der Waals surface area contributed by atoms with Crippen LogP contribution < -0.4 is 0 Å². The van der Waals surface area contributed by atoms with E-state index in [2.05, 4.69) is 65.5 Å². The summed E-state index contributed by atoms with van der Waals surface area (Å²) >= 11 is 0. The van der Waals surface area contributed by atoms with Gasteiger partial charge in [-0.1, -0.05) is 0 Å². The lowest BCUT2D eigenvalue weighted by atomic mass is 11.7. The molecule has 0 bridgehead atoms. The molecule has 0 saturated carbocycles. The smallest absolute Gasteiger partial charge is 0.322 e. The highest BCUT2D eigenvalue weighted by atomic mass is 28.5. The van der Waals surface area contributed by atoms with E-state index in [0.717, 1.165) is 0 Å². The molecule has 0 unspecified atom stereocenters. The lowest BCUT2D eigenvalue weighted by Gasteiger charge is -2.42. The van der Waals surface area contributed by atoms with E-state index in [-0.39, 0.29) is 0 Å². The third-order valence-electron chi connectivity index (χ3n) is 3.08. The first kappa shape index (κ1) is 20.9. The summed E-state index contributed by atoms with van der Waals surface area (Å²) in [6, 6.07) is 0. The van der Waals surface area contributed by atoms with Gasteiger partial charge >= 0.3 is 25.7 Å². The van der Waals surface area contributed by atoms with Gasteiger partial charge in [0, 0.05) is 0 Å². The van der Waals surface area contributed by atoms with E-state index >= 15 is 0 Å². The van der Waals surface area contributed by atoms with E-state index in [1.807, 2.05) is 0 Å². The van der Waals surface area contributed by atoms with Gasteiger partial charge in [-0.05, 0) is 65.5 Å². The number of hydrogen-bond acceptors (Lipinski definition) is 5. The maximum absolute atomic E-state index is 6.48. The molecule has 1 fully saturated rings. The lowest BCUT2D eigenvalue weighted by molar-refractivity contribution is 0.224. The van der Waals surface area contributed by atoms with Gasteiger partial charge in [-0.15, -0.1) is 0 Å². The summed E-state index contributed by atoms with van der Waals surface area (Å²) < 4.78 is 31.7. The Bertz CT molecular complexity index is 363. The van der Waals surface area contributed by atoms with Crippen molar-refractivity contribution < 1.29 is 21.2 Å². The van der Waals surface area contributed by atoms with Crippen molar-refractivity contribution in [2.24, 2.45) is 0 Å². The molecule has 1 heterocycles. The zero-order valence-electron chi connectivity index (χ0n) is 16.0. The maximum atomic E-state index is 6.48. The van der Waals surface area contributed by atoms with Crippen molar-refractivity contribution in [1.82, 2.24) is 0 Å². The predicted octanol–water partition coefficient (Wildman–Crippen LogP) is 3.68. The highest BCUT2D eigenvalue weighted by Gasteiger charge is 2.46. The highest BCUT2D eigenvalue weighted by Crippen LogP contribution is 2.26. The van der Waals surface area contributed by atoms with Crippen LogP contribution in [-0.4, -0.2) is 54.8 Å². The van der Waals surface area contributed by atoms with Gasteiger partial charge in [0.25, 0.3) is 0 Å². The van der Waals surface area contributed by atoms with Crippen LogP contribution in [0, 0.1) is 0 Å². The minimum absolute atomic E-state index is 0.669. The largest absolute Gasteiger partial charge is 0.435 e. The Morgan fingerprint density at radius 3 is 1.41 bits per heavy atom.